The van der Waals surface area contributed by atoms with Crippen LogP contribution in [-0.4, -0.2) is 71.1 Å². The van der Waals surface area contributed by atoms with Crippen LogP contribution in [0.25, 0.3) is 11.2 Å². The van der Waals surface area contributed by atoms with Crippen molar-refractivity contribution in [2.75, 3.05) is 18.4 Å². The van der Waals surface area contributed by atoms with Crippen LogP contribution in [0.15, 0.2) is 48.4 Å². The van der Waals surface area contributed by atoms with Crippen LogP contribution < -0.4 is 16.0 Å². The molecule has 3 aromatic rings. The molecule has 1 aromatic carbocycles. The molecule has 1 unspecified atom stereocenters. The maximum atomic E-state index is 11.6. The Labute approximate surface area is 191 Å². The molecule has 0 fully saturated rings. The van der Waals surface area contributed by atoms with Crippen LogP contribution in [-0.2, 0) is 16.1 Å². The first-order valence-corrected chi connectivity index (χ1v) is 10.0. The molecule has 34 heavy (non-hydrogen) atoms. The largest absolute Gasteiger partial charge is 0.508 e. The van der Waals surface area contributed by atoms with Crippen LogP contribution in [0.2, 0.25) is 0 Å². The number of amides is 2. The number of imidazole rings is 1. The predicted molar refractivity (Wildman–Crippen MR) is 116 cm³/mol. The third-order valence-corrected chi connectivity index (χ3v) is 4.94. The highest BCUT2D eigenvalue weighted by Gasteiger charge is 2.38. The van der Waals surface area contributed by atoms with Crippen molar-refractivity contribution in [3.8, 4) is 5.75 Å². The van der Waals surface area contributed by atoms with Crippen molar-refractivity contribution in [2.24, 2.45) is 0 Å². The molecule has 0 radical (unpaired) electrons. The molecule has 4 rings (SSSR count). The number of rotatable bonds is 8. The number of urea groups is 1. The Hall–Kier alpha value is -4.59. The van der Waals surface area contributed by atoms with E-state index in [1.54, 1.807) is 24.3 Å². The minimum atomic E-state index is -1.46. The van der Waals surface area contributed by atoms with Crippen molar-refractivity contribution in [2.45, 2.75) is 18.9 Å². The molecule has 0 bridgehead atoms. The van der Waals surface area contributed by atoms with E-state index < -0.39 is 36.6 Å². The number of fused-ring (bicyclic) bond motifs is 1. The van der Waals surface area contributed by atoms with E-state index in [1.807, 2.05) is 0 Å². The van der Waals surface area contributed by atoms with Crippen LogP contribution in [0, 0.1) is 0 Å². The van der Waals surface area contributed by atoms with Gasteiger partial charge in [-0.2, -0.15) is 0 Å². The summed E-state index contributed by atoms with van der Waals surface area (Å²) in [5, 5.41) is 46.3. The fourth-order valence-electron chi connectivity index (χ4n) is 3.26. The number of nitrogens with one attached hydrogen (secondary N) is 3. The molecule has 178 valence electrons. The Kier molecular flexibility index (Phi) is 6.31. The molecule has 0 spiro atoms. The minimum absolute atomic E-state index is 0.0930. The van der Waals surface area contributed by atoms with E-state index in [9.17, 15) is 24.9 Å². The van der Waals surface area contributed by atoms with E-state index in [4.69, 9.17) is 9.84 Å². The Morgan fingerprint density at radius 3 is 2.56 bits per heavy atom. The number of aliphatic hydroxyl groups is 2. The van der Waals surface area contributed by atoms with Crippen LogP contribution in [0.5, 0.6) is 5.75 Å². The average molecular weight is 471 g/mol. The van der Waals surface area contributed by atoms with Crippen LogP contribution in [0.1, 0.15) is 11.8 Å². The van der Waals surface area contributed by atoms with E-state index in [2.05, 4.69) is 30.9 Å². The SMILES string of the molecule is O=C(O)CNC(=O)NCC1=C(O)C(O)[C@H](n2cnc3c(NCc4ccc(O)cc4)ncnc32)O1. The van der Waals surface area contributed by atoms with Crippen LogP contribution in [0.3, 0.4) is 0 Å². The standard InChI is InChI=1S/C20H21N7O7/c28-11-3-1-10(2-4-11)5-21-17-14-18(25-8-24-17)27(9-26-14)19-16(32)15(31)12(34-19)6-22-20(33)23-7-13(29)30/h1-4,8-9,16,19,28,31-32H,5-7H2,(H,29,30)(H,21,24,25)(H2,22,23,33)/t16?,19-/m1/s1. The van der Waals surface area contributed by atoms with Gasteiger partial charge in [0.25, 0.3) is 0 Å². The van der Waals surface area contributed by atoms with E-state index >= 15 is 0 Å². The van der Waals surface area contributed by atoms with Gasteiger partial charge in [0.1, 0.15) is 24.9 Å². The lowest BCUT2D eigenvalue weighted by molar-refractivity contribution is -0.135. The van der Waals surface area contributed by atoms with Gasteiger partial charge >= 0.3 is 12.0 Å². The number of ether oxygens (including phenoxy) is 1. The highest BCUT2D eigenvalue weighted by Crippen LogP contribution is 2.33. The number of phenolic OH excluding ortho intramolecular Hbond substituents is 1. The smallest absolute Gasteiger partial charge is 0.323 e. The molecular weight excluding hydrogens is 450 g/mol. The molecule has 0 saturated heterocycles. The highest BCUT2D eigenvalue weighted by atomic mass is 16.5. The third-order valence-electron chi connectivity index (χ3n) is 4.94. The van der Waals surface area contributed by atoms with E-state index in [-0.39, 0.29) is 18.1 Å². The maximum Gasteiger partial charge on any atom is 0.323 e. The zero-order chi connectivity index (χ0) is 24.2. The zero-order valence-corrected chi connectivity index (χ0v) is 17.5. The molecule has 1 aliphatic rings. The molecule has 3 heterocycles. The summed E-state index contributed by atoms with van der Waals surface area (Å²) >= 11 is 0. The van der Waals surface area contributed by atoms with Gasteiger partial charge in [0, 0.05) is 6.54 Å². The third kappa shape index (κ3) is 4.75. The lowest BCUT2D eigenvalue weighted by Crippen LogP contribution is -2.39. The summed E-state index contributed by atoms with van der Waals surface area (Å²) in [6.45, 7) is -0.456. The first-order valence-electron chi connectivity index (χ1n) is 10.0. The molecule has 14 nitrogen and oxygen atoms in total. The van der Waals surface area contributed by atoms with Gasteiger partial charge in [0.05, 0.1) is 6.54 Å². The predicted octanol–water partition coefficient (Wildman–Crippen LogP) is 0.187. The molecule has 0 saturated carbocycles. The Morgan fingerprint density at radius 1 is 1.06 bits per heavy atom. The number of hydrogen-bond acceptors (Lipinski definition) is 10. The van der Waals surface area contributed by atoms with Gasteiger partial charge in [0.15, 0.2) is 34.6 Å². The summed E-state index contributed by atoms with van der Waals surface area (Å²) in [6.07, 6.45) is 0.120. The van der Waals surface area contributed by atoms with Gasteiger partial charge in [0.2, 0.25) is 6.23 Å². The van der Waals surface area contributed by atoms with Crippen molar-refractivity contribution in [1.29, 1.82) is 0 Å². The fourth-order valence-corrected chi connectivity index (χ4v) is 3.26. The summed E-state index contributed by atoms with van der Waals surface area (Å²) in [7, 11) is 0. The molecule has 14 heteroatoms. The second kappa shape index (κ2) is 9.50. The molecular formula is C20H21N7O7. The molecule has 7 N–H and O–H groups in total. The number of aliphatic carboxylic acids is 1. The Bertz CT molecular complexity index is 1240. The average Bonchev–Trinajstić information content (AvgIpc) is 3.37. The van der Waals surface area contributed by atoms with Gasteiger partial charge in [-0.05, 0) is 17.7 Å². The summed E-state index contributed by atoms with van der Waals surface area (Å²) in [6, 6.07) is 5.88. The number of carbonyl (C=O) groups excluding carboxylic acids is 1. The maximum absolute atomic E-state index is 11.6. The van der Waals surface area contributed by atoms with Gasteiger partial charge in [-0.1, -0.05) is 12.1 Å². The van der Waals surface area contributed by atoms with Crippen molar-refractivity contribution in [3.05, 3.63) is 54.0 Å². The number of benzene rings is 1. The second-order valence-electron chi connectivity index (χ2n) is 7.26. The van der Waals surface area contributed by atoms with Gasteiger partial charge < -0.3 is 41.1 Å². The molecule has 2 atom stereocenters. The van der Waals surface area contributed by atoms with E-state index in [0.717, 1.165) is 5.56 Å². The first-order chi connectivity index (χ1) is 16.3. The van der Waals surface area contributed by atoms with Gasteiger partial charge in [-0.3, -0.25) is 9.36 Å². The van der Waals surface area contributed by atoms with Crippen molar-refractivity contribution >= 4 is 29.0 Å². The number of phenols is 1. The first kappa shape index (κ1) is 22.6. The summed E-state index contributed by atoms with van der Waals surface area (Å²) in [4.78, 5) is 34.8. The molecule has 1 aliphatic heterocycles. The number of aliphatic hydroxyl groups excluding tert-OH is 2. The van der Waals surface area contributed by atoms with E-state index in [1.165, 1.54) is 17.2 Å². The number of carbonyl (C=O) groups is 2. The monoisotopic (exact) mass is 471 g/mol. The van der Waals surface area contributed by atoms with Crippen molar-refractivity contribution in [3.63, 3.8) is 0 Å². The number of aromatic nitrogens is 4. The second-order valence-corrected chi connectivity index (χ2v) is 7.26. The highest BCUT2D eigenvalue weighted by molar-refractivity contribution is 5.82. The molecule has 2 aromatic heterocycles. The van der Waals surface area contributed by atoms with Crippen molar-refractivity contribution < 1.29 is 34.8 Å². The lowest BCUT2D eigenvalue weighted by atomic mass is 10.2. The summed E-state index contributed by atoms with van der Waals surface area (Å²) < 4.78 is 7.05. The summed E-state index contributed by atoms with van der Waals surface area (Å²) in [5.74, 6) is -1.20. The Morgan fingerprint density at radius 2 is 1.82 bits per heavy atom. The van der Waals surface area contributed by atoms with Crippen molar-refractivity contribution in [1.82, 2.24) is 30.2 Å². The normalized spacial score (nSPS) is 17.4. The van der Waals surface area contributed by atoms with Crippen LogP contribution in [0.4, 0.5) is 10.6 Å². The number of carboxylic acid groups (broad SMARTS) is 1. The lowest BCUT2D eigenvalue weighted by Gasteiger charge is -2.17. The number of nitrogens with zero attached hydrogens (tertiary/aromatic N) is 4. The summed E-state index contributed by atoms with van der Waals surface area (Å²) in [5.41, 5.74) is 1.63. The number of hydrogen-bond donors (Lipinski definition) is 7. The number of carboxylic acids is 1. The number of aromatic hydroxyl groups is 1. The number of anilines is 1. The van der Waals surface area contributed by atoms with Gasteiger partial charge in [-0.15, -0.1) is 0 Å². The quantitative estimate of drug-likeness (QED) is 0.236. The fraction of sp³-hybridized carbons (Fsp3) is 0.250. The topological polar surface area (TPSA) is 204 Å². The zero-order valence-electron chi connectivity index (χ0n) is 17.5. The van der Waals surface area contributed by atoms with Crippen LogP contribution >= 0.6 is 0 Å². The van der Waals surface area contributed by atoms with Gasteiger partial charge in [-0.25, -0.2) is 19.7 Å². The minimum Gasteiger partial charge on any atom is -0.508 e. The Balaban J connectivity index is 1.45. The molecule has 2 amide bonds. The molecule has 0 aliphatic carbocycles. The van der Waals surface area contributed by atoms with E-state index in [0.29, 0.717) is 23.5 Å².